The Balaban J connectivity index is 2.42. The summed E-state index contributed by atoms with van der Waals surface area (Å²) >= 11 is 0. The highest BCUT2D eigenvalue weighted by Gasteiger charge is 2.26. The molecular formula is C18H26O5. The van der Waals surface area contributed by atoms with Crippen LogP contribution in [0.1, 0.15) is 39.2 Å². The van der Waals surface area contributed by atoms with Gasteiger partial charge in [0, 0.05) is 6.61 Å². The molecule has 0 bridgehead atoms. The summed E-state index contributed by atoms with van der Waals surface area (Å²) < 4.78 is 15.6. The molecule has 0 aromatic heterocycles. The highest BCUT2D eigenvalue weighted by atomic mass is 16.6. The van der Waals surface area contributed by atoms with Crippen molar-refractivity contribution < 1.29 is 23.8 Å². The third-order valence-electron chi connectivity index (χ3n) is 3.09. The first-order valence-electron chi connectivity index (χ1n) is 7.73. The summed E-state index contributed by atoms with van der Waals surface area (Å²) in [7, 11) is 1.31. The average molecular weight is 322 g/mol. The number of rotatable bonds is 8. The van der Waals surface area contributed by atoms with E-state index in [2.05, 4.69) is 0 Å². The van der Waals surface area contributed by atoms with Gasteiger partial charge in [-0.2, -0.15) is 0 Å². The molecule has 0 spiro atoms. The Morgan fingerprint density at radius 1 is 1.13 bits per heavy atom. The summed E-state index contributed by atoms with van der Waals surface area (Å²) in [6, 6.07) is 9.77. The van der Waals surface area contributed by atoms with Crippen LogP contribution in [0.15, 0.2) is 30.3 Å². The number of carbonyl (C=O) groups excluding carboxylic acids is 2. The molecule has 0 radical (unpaired) electrons. The third-order valence-corrected chi connectivity index (χ3v) is 3.09. The number of carbonyl (C=O) groups is 2. The Hall–Kier alpha value is -1.88. The lowest BCUT2D eigenvalue weighted by Gasteiger charge is -2.21. The van der Waals surface area contributed by atoms with Gasteiger partial charge in [0.25, 0.3) is 0 Å². The van der Waals surface area contributed by atoms with Gasteiger partial charge in [-0.25, -0.2) is 0 Å². The van der Waals surface area contributed by atoms with Crippen LogP contribution < -0.4 is 0 Å². The fourth-order valence-corrected chi connectivity index (χ4v) is 2.04. The molecule has 0 amide bonds. The van der Waals surface area contributed by atoms with E-state index in [0.717, 1.165) is 5.56 Å². The van der Waals surface area contributed by atoms with E-state index < -0.39 is 23.5 Å². The standard InChI is InChI=1S/C18H26O5/c1-18(2,3)23-16(19)12-15(17(20)21-4)10-11-22-13-14-8-6-5-7-9-14/h5-9,15H,10-13H2,1-4H3/t15-/m1/s1. The van der Waals surface area contributed by atoms with E-state index in [1.165, 1.54) is 7.11 Å². The molecule has 0 aliphatic rings. The van der Waals surface area contributed by atoms with Crippen LogP contribution in [-0.2, 0) is 30.4 Å². The van der Waals surface area contributed by atoms with E-state index in [1.54, 1.807) is 20.8 Å². The summed E-state index contributed by atoms with van der Waals surface area (Å²) in [6.07, 6.45) is 0.414. The van der Waals surface area contributed by atoms with Gasteiger partial charge in [-0.3, -0.25) is 9.59 Å². The lowest BCUT2D eigenvalue weighted by Crippen LogP contribution is -2.28. The zero-order valence-electron chi connectivity index (χ0n) is 14.3. The smallest absolute Gasteiger partial charge is 0.309 e. The quantitative estimate of drug-likeness (QED) is 0.543. The minimum absolute atomic E-state index is 0.00135. The maximum absolute atomic E-state index is 11.9. The monoisotopic (exact) mass is 322 g/mol. The predicted molar refractivity (Wildman–Crippen MR) is 86.7 cm³/mol. The second-order valence-corrected chi connectivity index (χ2v) is 6.34. The summed E-state index contributed by atoms with van der Waals surface area (Å²) in [5, 5.41) is 0. The molecule has 0 unspecified atom stereocenters. The molecule has 0 saturated carbocycles. The summed E-state index contributed by atoms with van der Waals surface area (Å²) in [5.41, 5.74) is 0.496. The van der Waals surface area contributed by atoms with E-state index in [9.17, 15) is 9.59 Å². The highest BCUT2D eigenvalue weighted by Crippen LogP contribution is 2.16. The van der Waals surface area contributed by atoms with Crippen molar-refractivity contribution in [2.24, 2.45) is 5.92 Å². The first-order chi connectivity index (χ1) is 10.8. The molecule has 0 aliphatic heterocycles. The maximum atomic E-state index is 11.9. The molecule has 5 nitrogen and oxygen atoms in total. The third kappa shape index (κ3) is 8.35. The van der Waals surface area contributed by atoms with Crippen molar-refractivity contribution >= 4 is 11.9 Å². The van der Waals surface area contributed by atoms with Gasteiger partial charge in [-0.15, -0.1) is 0 Å². The van der Waals surface area contributed by atoms with Gasteiger partial charge in [0.2, 0.25) is 0 Å². The van der Waals surface area contributed by atoms with Gasteiger partial charge in [-0.1, -0.05) is 30.3 Å². The van der Waals surface area contributed by atoms with E-state index in [0.29, 0.717) is 19.6 Å². The Morgan fingerprint density at radius 2 is 1.78 bits per heavy atom. The molecule has 0 saturated heterocycles. The van der Waals surface area contributed by atoms with Crippen molar-refractivity contribution in [3.05, 3.63) is 35.9 Å². The van der Waals surface area contributed by atoms with Crippen LogP contribution in [0.2, 0.25) is 0 Å². The minimum atomic E-state index is -0.568. The summed E-state index contributed by atoms with van der Waals surface area (Å²) in [5.74, 6) is -1.37. The lowest BCUT2D eigenvalue weighted by molar-refractivity contribution is -0.161. The summed E-state index contributed by atoms with van der Waals surface area (Å²) in [4.78, 5) is 23.7. The SMILES string of the molecule is COC(=O)[C@H](CCOCc1ccccc1)CC(=O)OC(C)(C)C. The van der Waals surface area contributed by atoms with Gasteiger partial charge >= 0.3 is 11.9 Å². The topological polar surface area (TPSA) is 61.8 Å². The molecule has 1 aromatic carbocycles. The number of methoxy groups -OCH3 is 1. The number of esters is 2. The Kier molecular flexibility index (Phi) is 7.75. The number of ether oxygens (including phenoxy) is 3. The summed E-state index contributed by atoms with van der Waals surface area (Å²) in [6.45, 7) is 6.22. The van der Waals surface area contributed by atoms with Crippen molar-refractivity contribution in [2.75, 3.05) is 13.7 Å². The largest absolute Gasteiger partial charge is 0.469 e. The fraction of sp³-hybridized carbons (Fsp3) is 0.556. The molecule has 1 rings (SSSR count). The number of benzene rings is 1. The van der Waals surface area contributed by atoms with Crippen molar-refractivity contribution in [2.45, 2.75) is 45.8 Å². The van der Waals surface area contributed by atoms with Gasteiger partial charge < -0.3 is 14.2 Å². The highest BCUT2D eigenvalue weighted by molar-refractivity contribution is 5.80. The molecular weight excluding hydrogens is 296 g/mol. The normalized spacial score (nSPS) is 12.5. The zero-order valence-corrected chi connectivity index (χ0v) is 14.3. The van der Waals surface area contributed by atoms with Gasteiger partial charge in [0.1, 0.15) is 5.60 Å². The first kappa shape index (κ1) is 19.2. The molecule has 0 aliphatic carbocycles. The number of hydrogen-bond acceptors (Lipinski definition) is 5. The van der Waals surface area contributed by atoms with Crippen LogP contribution in [0, 0.1) is 5.92 Å². The van der Waals surface area contributed by atoms with Crippen LogP contribution in [0.5, 0.6) is 0 Å². The molecule has 128 valence electrons. The van der Waals surface area contributed by atoms with Gasteiger partial charge in [0.15, 0.2) is 0 Å². The predicted octanol–water partition coefficient (Wildman–Crippen LogP) is 3.11. The molecule has 0 heterocycles. The lowest BCUT2D eigenvalue weighted by atomic mass is 10.0. The van der Waals surface area contributed by atoms with Crippen molar-refractivity contribution in [3.63, 3.8) is 0 Å². The number of hydrogen-bond donors (Lipinski definition) is 0. The molecule has 0 fully saturated rings. The van der Waals surface area contributed by atoms with Crippen LogP contribution in [0.25, 0.3) is 0 Å². The average Bonchev–Trinajstić information content (AvgIpc) is 2.48. The fourth-order valence-electron chi connectivity index (χ4n) is 2.04. The van der Waals surface area contributed by atoms with Gasteiger partial charge in [0.05, 0.1) is 26.1 Å². The molecule has 5 heteroatoms. The molecule has 1 atom stereocenters. The molecule has 1 aromatic rings. The maximum Gasteiger partial charge on any atom is 0.309 e. The first-order valence-corrected chi connectivity index (χ1v) is 7.73. The van der Waals surface area contributed by atoms with Crippen LogP contribution >= 0.6 is 0 Å². The Labute approximate surface area is 137 Å². The Bertz CT molecular complexity index is 490. The van der Waals surface area contributed by atoms with Crippen molar-refractivity contribution in [3.8, 4) is 0 Å². The van der Waals surface area contributed by atoms with Crippen LogP contribution in [-0.4, -0.2) is 31.3 Å². The van der Waals surface area contributed by atoms with E-state index in [4.69, 9.17) is 14.2 Å². The second kappa shape index (κ2) is 9.30. The van der Waals surface area contributed by atoms with Crippen molar-refractivity contribution in [1.82, 2.24) is 0 Å². The van der Waals surface area contributed by atoms with Gasteiger partial charge in [-0.05, 0) is 32.8 Å². The molecule has 0 N–H and O–H groups in total. The Morgan fingerprint density at radius 3 is 2.35 bits per heavy atom. The van der Waals surface area contributed by atoms with E-state index >= 15 is 0 Å². The second-order valence-electron chi connectivity index (χ2n) is 6.34. The minimum Gasteiger partial charge on any atom is -0.469 e. The van der Waals surface area contributed by atoms with E-state index in [-0.39, 0.29) is 6.42 Å². The van der Waals surface area contributed by atoms with Crippen molar-refractivity contribution in [1.29, 1.82) is 0 Å². The van der Waals surface area contributed by atoms with Crippen LogP contribution in [0.4, 0.5) is 0 Å². The molecule has 23 heavy (non-hydrogen) atoms. The van der Waals surface area contributed by atoms with Crippen LogP contribution in [0.3, 0.4) is 0 Å². The zero-order chi connectivity index (χ0) is 17.3. The van der Waals surface area contributed by atoms with E-state index in [1.807, 2.05) is 30.3 Å².